The molecular formula is C20H17N3. The van der Waals surface area contributed by atoms with Gasteiger partial charge < -0.3 is 0 Å². The van der Waals surface area contributed by atoms with Gasteiger partial charge in [0.15, 0.2) is 0 Å². The molecule has 0 radical (unpaired) electrons. The highest BCUT2D eigenvalue weighted by atomic mass is 14.7. The first-order chi connectivity index (χ1) is 11.4. The van der Waals surface area contributed by atoms with Crippen LogP contribution in [0.25, 0.3) is 22.2 Å². The van der Waals surface area contributed by atoms with Gasteiger partial charge >= 0.3 is 0 Å². The van der Waals surface area contributed by atoms with Crippen LogP contribution in [0.1, 0.15) is 29.5 Å². The van der Waals surface area contributed by atoms with Crippen molar-refractivity contribution in [2.45, 2.75) is 32.1 Å². The molecule has 3 aromatic rings. The molecule has 1 aliphatic rings. The summed E-state index contributed by atoms with van der Waals surface area (Å²) >= 11 is 0. The summed E-state index contributed by atoms with van der Waals surface area (Å²) in [4.78, 5) is 9.04. The fraction of sp³-hybridized carbons (Fsp3) is 0.250. The molecule has 3 nitrogen and oxygen atoms in total. The van der Waals surface area contributed by atoms with Crippen molar-refractivity contribution in [2.75, 3.05) is 0 Å². The van der Waals surface area contributed by atoms with Crippen LogP contribution in [0.5, 0.6) is 0 Å². The van der Waals surface area contributed by atoms with Crippen molar-refractivity contribution in [2.24, 2.45) is 0 Å². The first-order valence-electron chi connectivity index (χ1n) is 8.08. The van der Waals surface area contributed by atoms with Gasteiger partial charge in [-0.25, -0.2) is 4.98 Å². The standard InChI is InChI=1S/C20H17N3/c21-10-8-15-12-16-13-22-11-9-19(16)23-20(15)18-7-3-5-14-4-1-2-6-17(14)18/h3,5,7,9,11-13H,1-2,4,6,8H2. The van der Waals surface area contributed by atoms with Gasteiger partial charge in [-0.3, -0.25) is 4.98 Å². The molecule has 0 saturated heterocycles. The van der Waals surface area contributed by atoms with Crippen molar-refractivity contribution >= 4 is 10.9 Å². The summed E-state index contributed by atoms with van der Waals surface area (Å²) in [6.45, 7) is 0. The van der Waals surface area contributed by atoms with Gasteiger partial charge in [0, 0.05) is 23.3 Å². The molecule has 0 N–H and O–H groups in total. The summed E-state index contributed by atoms with van der Waals surface area (Å²) in [5, 5.41) is 10.2. The predicted octanol–water partition coefficient (Wildman–Crippen LogP) is 4.24. The van der Waals surface area contributed by atoms with Gasteiger partial charge in [0.2, 0.25) is 0 Å². The molecule has 2 heterocycles. The van der Waals surface area contributed by atoms with Crippen molar-refractivity contribution in [3.8, 4) is 17.3 Å². The Morgan fingerprint density at radius 2 is 2.04 bits per heavy atom. The number of nitrogens with zero attached hydrogens (tertiary/aromatic N) is 3. The van der Waals surface area contributed by atoms with Gasteiger partial charge in [0.25, 0.3) is 0 Å². The van der Waals surface area contributed by atoms with E-state index in [0.29, 0.717) is 6.42 Å². The Morgan fingerprint density at radius 3 is 2.96 bits per heavy atom. The Balaban J connectivity index is 1.98. The van der Waals surface area contributed by atoms with E-state index in [1.807, 2.05) is 12.3 Å². The molecule has 2 aromatic heterocycles. The maximum absolute atomic E-state index is 9.21. The summed E-state index contributed by atoms with van der Waals surface area (Å²) in [5.74, 6) is 0. The Hall–Kier alpha value is -2.73. The summed E-state index contributed by atoms with van der Waals surface area (Å²) in [7, 11) is 0. The minimum absolute atomic E-state index is 0.372. The monoisotopic (exact) mass is 299 g/mol. The lowest BCUT2D eigenvalue weighted by atomic mass is 9.86. The predicted molar refractivity (Wildman–Crippen MR) is 90.9 cm³/mol. The van der Waals surface area contributed by atoms with E-state index in [2.05, 4.69) is 35.3 Å². The Kier molecular flexibility index (Phi) is 3.51. The van der Waals surface area contributed by atoms with E-state index in [4.69, 9.17) is 4.98 Å². The first-order valence-corrected chi connectivity index (χ1v) is 8.08. The fourth-order valence-corrected chi connectivity index (χ4v) is 3.52. The molecule has 0 unspecified atom stereocenters. The minimum Gasteiger partial charge on any atom is -0.264 e. The highest BCUT2D eigenvalue weighted by Gasteiger charge is 2.17. The smallest absolute Gasteiger partial charge is 0.0755 e. The molecular weight excluding hydrogens is 282 g/mol. The third kappa shape index (κ3) is 2.47. The highest BCUT2D eigenvalue weighted by molar-refractivity contribution is 5.83. The van der Waals surface area contributed by atoms with Crippen LogP contribution in [0.4, 0.5) is 0 Å². The van der Waals surface area contributed by atoms with Gasteiger partial charge in [0.05, 0.1) is 23.7 Å². The summed E-state index contributed by atoms with van der Waals surface area (Å²) in [5.41, 5.74) is 6.94. The SMILES string of the molecule is N#CCc1cc2cnccc2nc1-c1cccc2c1CCCC2. The van der Waals surface area contributed by atoms with E-state index in [9.17, 15) is 5.26 Å². The molecule has 3 heteroatoms. The van der Waals surface area contributed by atoms with Crippen molar-refractivity contribution in [3.63, 3.8) is 0 Å². The molecule has 1 aliphatic carbocycles. The molecule has 23 heavy (non-hydrogen) atoms. The maximum Gasteiger partial charge on any atom is 0.0755 e. The number of pyridine rings is 2. The molecule has 0 saturated carbocycles. The normalized spacial score (nSPS) is 13.5. The van der Waals surface area contributed by atoms with Crippen LogP contribution in [0.3, 0.4) is 0 Å². The molecule has 0 bridgehead atoms. The van der Waals surface area contributed by atoms with Crippen LogP contribution in [-0.4, -0.2) is 9.97 Å². The minimum atomic E-state index is 0.372. The highest BCUT2D eigenvalue weighted by Crippen LogP contribution is 2.33. The molecule has 4 rings (SSSR count). The van der Waals surface area contributed by atoms with Crippen molar-refractivity contribution in [1.29, 1.82) is 5.26 Å². The number of nitriles is 1. The van der Waals surface area contributed by atoms with E-state index in [-0.39, 0.29) is 0 Å². The molecule has 0 fully saturated rings. The molecule has 0 amide bonds. The van der Waals surface area contributed by atoms with Crippen LogP contribution in [0.2, 0.25) is 0 Å². The lowest BCUT2D eigenvalue weighted by molar-refractivity contribution is 0.686. The van der Waals surface area contributed by atoms with Crippen LogP contribution in [0.15, 0.2) is 42.7 Å². The van der Waals surface area contributed by atoms with Crippen LogP contribution >= 0.6 is 0 Å². The second-order valence-electron chi connectivity index (χ2n) is 6.05. The van der Waals surface area contributed by atoms with E-state index < -0.39 is 0 Å². The van der Waals surface area contributed by atoms with E-state index in [0.717, 1.165) is 35.0 Å². The largest absolute Gasteiger partial charge is 0.264 e. The third-order valence-electron chi connectivity index (χ3n) is 4.61. The van der Waals surface area contributed by atoms with Crippen molar-refractivity contribution in [1.82, 2.24) is 9.97 Å². The number of rotatable bonds is 2. The fourth-order valence-electron chi connectivity index (χ4n) is 3.52. The Morgan fingerprint density at radius 1 is 1.13 bits per heavy atom. The topological polar surface area (TPSA) is 49.6 Å². The second kappa shape index (κ2) is 5.81. The molecule has 0 spiro atoms. The van der Waals surface area contributed by atoms with Gasteiger partial charge in [-0.2, -0.15) is 5.26 Å². The second-order valence-corrected chi connectivity index (χ2v) is 6.05. The number of benzene rings is 1. The van der Waals surface area contributed by atoms with Gasteiger partial charge in [-0.15, -0.1) is 0 Å². The Bertz CT molecular complexity index is 922. The number of hydrogen-bond donors (Lipinski definition) is 0. The number of aryl methyl sites for hydroxylation is 1. The zero-order chi connectivity index (χ0) is 15.6. The molecule has 0 aliphatic heterocycles. The van der Waals surface area contributed by atoms with Crippen LogP contribution in [-0.2, 0) is 19.3 Å². The summed E-state index contributed by atoms with van der Waals surface area (Å²) in [6, 6.07) is 12.8. The average Bonchev–Trinajstić information content (AvgIpc) is 2.61. The van der Waals surface area contributed by atoms with Crippen LogP contribution in [0, 0.1) is 11.3 Å². The van der Waals surface area contributed by atoms with Crippen LogP contribution < -0.4 is 0 Å². The maximum atomic E-state index is 9.21. The third-order valence-corrected chi connectivity index (χ3v) is 4.61. The molecule has 0 atom stereocenters. The zero-order valence-electron chi connectivity index (χ0n) is 12.9. The zero-order valence-corrected chi connectivity index (χ0v) is 12.9. The van der Waals surface area contributed by atoms with Crippen molar-refractivity contribution < 1.29 is 0 Å². The van der Waals surface area contributed by atoms with E-state index in [1.54, 1.807) is 6.20 Å². The van der Waals surface area contributed by atoms with Gasteiger partial charge in [-0.05, 0) is 54.5 Å². The lowest BCUT2D eigenvalue weighted by Gasteiger charge is -2.20. The summed E-state index contributed by atoms with van der Waals surface area (Å²) < 4.78 is 0. The van der Waals surface area contributed by atoms with Gasteiger partial charge in [-0.1, -0.05) is 18.2 Å². The quantitative estimate of drug-likeness (QED) is 0.711. The number of aromatic nitrogens is 2. The molecule has 1 aromatic carbocycles. The number of fused-ring (bicyclic) bond motifs is 2. The van der Waals surface area contributed by atoms with Crippen molar-refractivity contribution in [3.05, 3.63) is 59.4 Å². The lowest BCUT2D eigenvalue weighted by Crippen LogP contribution is -2.06. The molecule has 112 valence electrons. The van der Waals surface area contributed by atoms with E-state index in [1.165, 1.54) is 29.5 Å². The number of hydrogen-bond acceptors (Lipinski definition) is 3. The first kappa shape index (κ1) is 13.9. The Labute approximate surface area is 135 Å². The average molecular weight is 299 g/mol. The van der Waals surface area contributed by atoms with E-state index >= 15 is 0 Å². The summed E-state index contributed by atoms with van der Waals surface area (Å²) in [6.07, 6.45) is 8.70. The van der Waals surface area contributed by atoms with Gasteiger partial charge in [0.1, 0.15) is 0 Å².